The summed E-state index contributed by atoms with van der Waals surface area (Å²) in [5.74, 6) is 0.469. The van der Waals surface area contributed by atoms with E-state index in [-0.39, 0.29) is 5.69 Å². The minimum atomic E-state index is 0.262. The molecule has 0 unspecified atom stereocenters. The van der Waals surface area contributed by atoms with Crippen LogP contribution in [0.2, 0.25) is 15.1 Å². The van der Waals surface area contributed by atoms with Gasteiger partial charge in [-0.25, -0.2) is 4.98 Å². The van der Waals surface area contributed by atoms with Gasteiger partial charge >= 0.3 is 0 Å². The van der Waals surface area contributed by atoms with Crippen LogP contribution in [0.1, 0.15) is 10.5 Å². The average Bonchev–Trinajstić information content (AvgIpc) is 2.37. The molecule has 0 saturated heterocycles. The van der Waals surface area contributed by atoms with Crippen molar-refractivity contribution in [2.24, 2.45) is 0 Å². The largest absolute Gasteiger partial charge is 0.494 e. The Morgan fingerprint density at radius 2 is 1.79 bits per heavy atom. The van der Waals surface area contributed by atoms with Crippen LogP contribution in [0, 0.1) is 0 Å². The molecule has 6 heteroatoms. The summed E-state index contributed by atoms with van der Waals surface area (Å²) in [7, 11) is 1.50. The van der Waals surface area contributed by atoms with Gasteiger partial charge in [0.2, 0.25) is 0 Å². The smallest absolute Gasteiger partial charge is 0.168 e. The highest BCUT2D eigenvalue weighted by atomic mass is 35.5. The molecule has 0 bridgehead atoms. The van der Waals surface area contributed by atoms with E-state index < -0.39 is 0 Å². The molecule has 0 N–H and O–H groups in total. The Morgan fingerprint density at radius 1 is 1.16 bits per heavy atom. The highest BCUT2D eigenvalue weighted by Crippen LogP contribution is 2.40. The van der Waals surface area contributed by atoms with Crippen LogP contribution in [0.25, 0.3) is 11.3 Å². The molecule has 1 aromatic heterocycles. The number of methoxy groups -OCH3 is 1. The minimum Gasteiger partial charge on any atom is -0.494 e. The van der Waals surface area contributed by atoms with Crippen molar-refractivity contribution < 1.29 is 9.53 Å². The van der Waals surface area contributed by atoms with Crippen LogP contribution < -0.4 is 4.74 Å². The van der Waals surface area contributed by atoms with Crippen LogP contribution >= 0.6 is 34.8 Å². The SMILES string of the molecule is COc1ccc(C=O)nc1-c1c(Cl)cc(Cl)cc1Cl. The van der Waals surface area contributed by atoms with E-state index in [0.717, 1.165) is 0 Å². The molecule has 0 aliphatic carbocycles. The van der Waals surface area contributed by atoms with Gasteiger partial charge in [-0.05, 0) is 24.3 Å². The quantitative estimate of drug-likeness (QED) is 0.781. The number of pyridine rings is 1. The fourth-order valence-electron chi connectivity index (χ4n) is 1.64. The molecule has 0 saturated carbocycles. The van der Waals surface area contributed by atoms with Gasteiger partial charge in [-0.3, -0.25) is 4.79 Å². The number of aromatic nitrogens is 1. The molecule has 3 nitrogen and oxygen atoms in total. The van der Waals surface area contributed by atoms with Crippen molar-refractivity contribution in [3.05, 3.63) is 45.0 Å². The highest BCUT2D eigenvalue weighted by molar-refractivity contribution is 6.41. The number of rotatable bonds is 3. The molecule has 19 heavy (non-hydrogen) atoms. The molecule has 0 aliphatic rings. The maximum atomic E-state index is 10.8. The predicted octanol–water partition coefficient (Wildman–Crippen LogP) is 4.53. The van der Waals surface area contributed by atoms with Gasteiger partial charge in [0.25, 0.3) is 0 Å². The van der Waals surface area contributed by atoms with Crippen LogP contribution in [0.5, 0.6) is 5.75 Å². The summed E-state index contributed by atoms with van der Waals surface area (Å²) < 4.78 is 5.21. The van der Waals surface area contributed by atoms with Gasteiger partial charge in [-0.15, -0.1) is 0 Å². The Morgan fingerprint density at radius 3 is 2.32 bits per heavy atom. The summed E-state index contributed by atoms with van der Waals surface area (Å²) in [6.07, 6.45) is 0.640. The average molecular weight is 317 g/mol. The Balaban J connectivity index is 2.73. The number of halogens is 3. The van der Waals surface area contributed by atoms with Gasteiger partial charge in [0.05, 0.1) is 17.2 Å². The van der Waals surface area contributed by atoms with Crippen LogP contribution in [-0.2, 0) is 0 Å². The van der Waals surface area contributed by atoms with Crippen molar-refractivity contribution in [3.8, 4) is 17.0 Å². The highest BCUT2D eigenvalue weighted by Gasteiger charge is 2.16. The van der Waals surface area contributed by atoms with Gasteiger partial charge in [0, 0.05) is 10.6 Å². The van der Waals surface area contributed by atoms with Gasteiger partial charge in [0.1, 0.15) is 17.1 Å². The molecular weight excluding hydrogens is 309 g/mol. The zero-order valence-electron chi connectivity index (χ0n) is 9.78. The normalized spacial score (nSPS) is 10.3. The summed E-state index contributed by atoms with van der Waals surface area (Å²) in [5.41, 5.74) is 1.14. The predicted molar refractivity (Wildman–Crippen MR) is 76.6 cm³/mol. The molecule has 2 aromatic rings. The van der Waals surface area contributed by atoms with Gasteiger partial charge in [-0.2, -0.15) is 0 Å². The second-order valence-corrected chi connectivity index (χ2v) is 4.90. The molecule has 0 fully saturated rings. The number of benzene rings is 1. The van der Waals surface area contributed by atoms with E-state index >= 15 is 0 Å². The number of aldehydes is 1. The molecular formula is C13H8Cl3NO2. The van der Waals surface area contributed by atoms with Crippen molar-refractivity contribution in [2.75, 3.05) is 7.11 Å². The van der Waals surface area contributed by atoms with E-state index in [4.69, 9.17) is 39.5 Å². The number of carbonyl (C=O) groups is 1. The Kier molecular flexibility index (Phi) is 4.30. The lowest BCUT2D eigenvalue weighted by Crippen LogP contribution is -1.96. The van der Waals surface area contributed by atoms with Gasteiger partial charge in [-0.1, -0.05) is 34.8 Å². The molecule has 2 rings (SSSR count). The fraction of sp³-hybridized carbons (Fsp3) is 0.0769. The van der Waals surface area contributed by atoms with E-state index in [1.54, 1.807) is 24.3 Å². The van der Waals surface area contributed by atoms with Crippen molar-refractivity contribution in [1.29, 1.82) is 0 Å². The Labute approximate surface area is 125 Å². The number of carbonyl (C=O) groups excluding carboxylic acids is 1. The third kappa shape index (κ3) is 2.84. The third-order valence-electron chi connectivity index (χ3n) is 2.46. The van der Waals surface area contributed by atoms with Crippen LogP contribution in [-0.4, -0.2) is 18.4 Å². The molecule has 0 atom stereocenters. The first kappa shape index (κ1) is 14.1. The summed E-state index contributed by atoms with van der Waals surface area (Å²) in [6.45, 7) is 0. The number of nitrogens with zero attached hydrogens (tertiary/aromatic N) is 1. The second-order valence-electron chi connectivity index (χ2n) is 3.65. The third-order valence-corrected chi connectivity index (χ3v) is 3.28. The lowest BCUT2D eigenvalue weighted by molar-refractivity contribution is 0.111. The minimum absolute atomic E-state index is 0.262. The lowest BCUT2D eigenvalue weighted by Gasteiger charge is -2.11. The summed E-state index contributed by atoms with van der Waals surface area (Å²) >= 11 is 18.1. The standard InChI is InChI=1S/C13H8Cl3NO2/c1-19-11-3-2-8(6-18)17-13(11)12-9(15)4-7(14)5-10(12)16/h2-6H,1H3. The molecule has 1 aromatic carbocycles. The Bertz CT molecular complexity index is 621. The monoisotopic (exact) mass is 315 g/mol. The number of hydrogen-bond donors (Lipinski definition) is 0. The first-order chi connectivity index (χ1) is 9.06. The van der Waals surface area contributed by atoms with Crippen molar-refractivity contribution in [1.82, 2.24) is 4.98 Å². The van der Waals surface area contributed by atoms with Crippen LogP contribution in [0.3, 0.4) is 0 Å². The number of ether oxygens (including phenoxy) is 1. The number of hydrogen-bond acceptors (Lipinski definition) is 3. The second kappa shape index (κ2) is 5.78. The maximum absolute atomic E-state index is 10.8. The summed E-state index contributed by atoms with van der Waals surface area (Å²) in [6, 6.07) is 6.29. The first-order valence-corrected chi connectivity index (χ1v) is 6.35. The van der Waals surface area contributed by atoms with E-state index in [1.807, 2.05) is 0 Å². The maximum Gasteiger partial charge on any atom is 0.168 e. The van der Waals surface area contributed by atoms with Gasteiger partial charge < -0.3 is 4.74 Å². The molecule has 98 valence electrons. The van der Waals surface area contributed by atoms with E-state index in [9.17, 15) is 4.79 Å². The Hall–Kier alpha value is -1.29. The first-order valence-electron chi connectivity index (χ1n) is 5.22. The van der Waals surface area contributed by atoms with Crippen molar-refractivity contribution in [3.63, 3.8) is 0 Å². The zero-order valence-corrected chi connectivity index (χ0v) is 12.1. The molecule has 0 amide bonds. The van der Waals surface area contributed by atoms with Gasteiger partial charge in [0.15, 0.2) is 6.29 Å². The lowest BCUT2D eigenvalue weighted by atomic mass is 10.1. The van der Waals surface area contributed by atoms with E-state index in [2.05, 4.69) is 4.98 Å². The van der Waals surface area contributed by atoms with Crippen molar-refractivity contribution >= 4 is 41.1 Å². The zero-order chi connectivity index (χ0) is 14.0. The summed E-state index contributed by atoms with van der Waals surface area (Å²) in [5, 5.41) is 1.10. The molecule has 0 aliphatic heterocycles. The molecule has 0 spiro atoms. The van der Waals surface area contributed by atoms with Crippen LogP contribution in [0.4, 0.5) is 0 Å². The molecule has 0 radical (unpaired) electrons. The fourth-order valence-corrected chi connectivity index (χ4v) is 2.64. The summed E-state index contributed by atoms with van der Waals surface area (Å²) in [4.78, 5) is 15.0. The van der Waals surface area contributed by atoms with E-state index in [0.29, 0.717) is 38.4 Å². The van der Waals surface area contributed by atoms with Crippen LogP contribution in [0.15, 0.2) is 24.3 Å². The van der Waals surface area contributed by atoms with E-state index in [1.165, 1.54) is 7.11 Å². The van der Waals surface area contributed by atoms with Crippen molar-refractivity contribution in [2.45, 2.75) is 0 Å². The topological polar surface area (TPSA) is 39.2 Å². The molecule has 1 heterocycles.